The fourth-order valence-electron chi connectivity index (χ4n) is 4.52. The summed E-state index contributed by atoms with van der Waals surface area (Å²) in [6, 6.07) is 14.7. The molecule has 38 heavy (non-hydrogen) atoms. The van der Waals surface area contributed by atoms with Gasteiger partial charge in [0.15, 0.2) is 17.1 Å². The predicted octanol–water partition coefficient (Wildman–Crippen LogP) is 5.78. The number of hydrogen-bond donors (Lipinski definition) is 0. The first-order valence-electron chi connectivity index (χ1n) is 13.3. The highest BCUT2D eigenvalue weighted by Gasteiger charge is 2.24. The molecule has 1 aromatic heterocycles. The number of carbonyl (C=O) groups is 1. The second kappa shape index (κ2) is 12.7. The Balaban J connectivity index is 1.36. The summed E-state index contributed by atoms with van der Waals surface area (Å²) < 4.78 is 21.5. The van der Waals surface area contributed by atoms with Crippen LogP contribution in [0.15, 0.2) is 53.7 Å². The lowest BCUT2D eigenvalue weighted by molar-refractivity contribution is -0.128. The highest BCUT2D eigenvalue weighted by Crippen LogP contribution is 2.27. The number of carbonyl (C=O) groups excluding carboxylic acids is 1. The van der Waals surface area contributed by atoms with Crippen LogP contribution in [0.5, 0.6) is 5.75 Å². The zero-order valence-electron chi connectivity index (χ0n) is 22.9. The van der Waals surface area contributed by atoms with Crippen LogP contribution in [0.2, 0.25) is 0 Å². The van der Waals surface area contributed by atoms with Crippen molar-refractivity contribution in [1.29, 1.82) is 0 Å². The zero-order chi connectivity index (χ0) is 27.2. The van der Waals surface area contributed by atoms with E-state index < -0.39 is 0 Å². The minimum absolute atomic E-state index is 0.0870. The second-order valence-corrected chi connectivity index (χ2v) is 11.4. The van der Waals surface area contributed by atoms with Crippen LogP contribution in [0.4, 0.5) is 10.1 Å². The first-order valence-corrected chi connectivity index (χ1v) is 14.3. The Kier molecular flexibility index (Phi) is 9.31. The second-order valence-electron chi connectivity index (χ2n) is 10.5. The van der Waals surface area contributed by atoms with Gasteiger partial charge in [-0.1, -0.05) is 51.6 Å². The molecule has 204 valence electrons. The molecule has 2 aromatic carbocycles. The first-order chi connectivity index (χ1) is 18.2. The molecule has 0 radical (unpaired) electrons. The Hall–Kier alpha value is -3.07. The third-order valence-electron chi connectivity index (χ3n) is 6.67. The summed E-state index contributed by atoms with van der Waals surface area (Å²) in [5, 5.41) is 9.63. The van der Waals surface area contributed by atoms with E-state index in [0.29, 0.717) is 30.7 Å². The standard InChI is InChI=1S/C29H38FN5O2S/c1-20(2)18-35-28(22(5)37-26-12-6-23(7-13-26)21(3)4)31-32-29(35)38-19-27(36)34-16-14-33(15-17-34)25-10-8-24(30)9-11-25/h6-13,20-22H,14-19H2,1-5H3. The molecule has 3 aromatic rings. The van der Waals surface area contributed by atoms with Crippen LogP contribution in [0.1, 0.15) is 58.0 Å². The highest BCUT2D eigenvalue weighted by atomic mass is 32.2. The molecular weight excluding hydrogens is 501 g/mol. The van der Waals surface area contributed by atoms with Crippen molar-refractivity contribution in [3.8, 4) is 5.75 Å². The topological polar surface area (TPSA) is 63.5 Å². The SMILES string of the molecule is CC(C)Cn1c(SCC(=O)N2CCN(c3ccc(F)cc3)CC2)nnc1C(C)Oc1ccc(C(C)C)cc1. The Labute approximate surface area is 229 Å². The molecule has 1 fully saturated rings. The van der Waals surface area contributed by atoms with Crippen LogP contribution in [-0.2, 0) is 11.3 Å². The molecule has 1 unspecified atom stereocenters. The normalized spacial score (nSPS) is 14.8. The Bertz CT molecular complexity index is 1190. The lowest BCUT2D eigenvalue weighted by atomic mass is 10.0. The van der Waals surface area contributed by atoms with Gasteiger partial charge in [0.25, 0.3) is 0 Å². The van der Waals surface area contributed by atoms with Gasteiger partial charge in [-0.05, 0) is 60.7 Å². The Morgan fingerprint density at radius 1 is 0.947 bits per heavy atom. The number of halogens is 1. The smallest absolute Gasteiger partial charge is 0.233 e. The molecule has 1 aliphatic rings. The van der Waals surface area contributed by atoms with Gasteiger partial charge in [-0.25, -0.2) is 4.39 Å². The number of ether oxygens (including phenoxy) is 1. The summed E-state index contributed by atoms with van der Waals surface area (Å²) in [6.45, 7) is 14.1. The van der Waals surface area contributed by atoms with Crippen molar-refractivity contribution in [3.05, 3.63) is 65.7 Å². The molecular formula is C29H38FN5O2S. The average Bonchev–Trinajstić information content (AvgIpc) is 3.30. The summed E-state index contributed by atoms with van der Waals surface area (Å²) in [7, 11) is 0. The van der Waals surface area contributed by atoms with Crippen LogP contribution in [0.3, 0.4) is 0 Å². The number of hydrogen-bond acceptors (Lipinski definition) is 6. The van der Waals surface area contributed by atoms with Crippen LogP contribution >= 0.6 is 11.8 Å². The molecule has 1 amide bonds. The van der Waals surface area contributed by atoms with Crippen molar-refractivity contribution >= 4 is 23.4 Å². The van der Waals surface area contributed by atoms with Crippen LogP contribution < -0.4 is 9.64 Å². The van der Waals surface area contributed by atoms with Crippen LogP contribution in [0.25, 0.3) is 0 Å². The minimum Gasteiger partial charge on any atom is -0.483 e. The monoisotopic (exact) mass is 539 g/mol. The summed E-state index contributed by atoms with van der Waals surface area (Å²) in [6.07, 6.45) is -0.282. The highest BCUT2D eigenvalue weighted by molar-refractivity contribution is 7.99. The van der Waals surface area contributed by atoms with E-state index in [-0.39, 0.29) is 17.8 Å². The molecule has 1 aliphatic heterocycles. The summed E-state index contributed by atoms with van der Waals surface area (Å²) in [4.78, 5) is 17.1. The van der Waals surface area contributed by atoms with E-state index in [1.54, 1.807) is 12.1 Å². The Morgan fingerprint density at radius 3 is 2.21 bits per heavy atom. The number of aromatic nitrogens is 3. The van der Waals surface area contributed by atoms with Gasteiger partial charge >= 0.3 is 0 Å². The number of thioether (sulfide) groups is 1. The van der Waals surface area contributed by atoms with Crippen LogP contribution in [0, 0.1) is 11.7 Å². The van der Waals surface area contributed by atoms with Gasteiger partial charge in [0.05, 0.1) is 5.75 Å². The summed E-state index contributed by atoms with van der Waals surface area (Å²) in [5.74, 6) is 2.56. The molecule has 9 heteroatoms. The molecule has 0 N–H and O–H groups in total. The van der Waals surface area contributed by atoms with Gasteiger partial charge in [-0.2, -0.15) is 0 Å². The summed E-state index contributed by atoms with van der Waals surface area (Å²) >= 11 is 1.43. The van der Waals surface area contributed by atoms with Gasteiger partial charge in [0.2, 0.25) is 5.91 Å². The largest absolute Gasteiger partial charge is 0.483 e. The lowest BCUT2D eigenvalue weighted by Gasteiger charge is -2.36. The molecule has 4 rings (SSSR count). The van der Waals surface area contributed by atoms with Crippen molar-refractivity contribution in [2.75, 3.05) is 36.8 Å². The quantitative estimate of drug-likeness (QED) is 0.305. The third kappa shape index (κ3) is 7.07. The molecule has 1 saturated heterocycles. The molecule has 1 atom stereocenters. The van der Waals surface area contributed by atoms with Crippen molar-refractivity contribution in [2.24, 2.45) is 5.92 Å². The third-order valence-corrected chi connectivity index (χ3v) is 7.62. The van der Waals surface area contributed by atoms with Gasteiger partial charge in [0.1, 0.15) is 11.6 Å². The molecule has 0 saturated carbocycles. The lowest BCUT2D eigenvalue weighted by Crippen LogP contribution is -2.49. The molecule has 0 spiro atoms. The van der Waals surface area contributed by atoms with Gasteiger partial charge in [-0.3, -0.25) is 4.79 Å². The number of benzene rings is 2. The van der Waals surface area contributed by atoms with E-state index in [1.807, 2.05) is 24.0 Å². The minimum atomic E-state index is -0.282. The number of amides is 1. The van der Waals surface area contributed by atoms with E-state index in [1.165, 1.54) is 29.5 Å². The van der Waals surface area contributed by atoms with Crippen LogP contribution in [-0.4, -0.2) is 57.5 Å². The maximum atomic E-state index is 13.2. The molecule has 0 aliphatic carbocycles. The van der Waals surface area contributed by atoms with Crippen molar-refractivity contribution in [1.82, 2.24) is 19.7 Å². The van der Waals surface area contributed by atoms with Gasteiger partial charge in [-0.15, -0.1) is 10.2 Å². The van der Waals surface area contributed by atoms with Crippen molar-refractivity contribution < 1.29 is 13.9 Å². The van der Waals surface area contributed by atoms with Gasteiger partial charge in [0, 0.05) is 38.4 Å². The first kappa shape index (κ1) is 28.0. The number of piperazine rings is 1. The average molecular weight is 540 g/mol. The molecule has 2 heterocycles. The number of nitrogens with zero attached hydrogens (tertiary/aromatic N) is 5. The molecule has 0 bridgehead atoms. The fourth-order valence-corrected chi connectivity index (χ4v) is 5.37. The van der Waals surface area contributed by atoms with Crippen molar-refractivity contribution in [3.63, 3.8) is 0 Å². The number of rotatable bonds is 10. The Morgan fingerprint density at radius 2 is 1.61 bits per heavy atom. The van der Waals surface area contributed by atoms with Gasteiger partial charge < -0.3 is 19.1 Å². The van der Waals surface area contributed by atoms with Crippen molar-refractivity contribution in [2.45, 2.75) is 58.3 Å². The summed E-state index contributed by atoms with van der Waals surface area (Å²) in [5.41, 5.74) is 2.25. The maximum Gasteiger partial charge on any atom is 0.233 e. The number of anilines is 1. The maximum absolute atomic E-state index is 13.2. The van der Waals surface area contributed by atoms with E-state index in [0.717, 1.165) is 42.1 Å². The zero-order valence-corrected chi connectivity index (χ0v) is 23.7. The van der Waals surface area contributed by atoms with E-state index in [9.17, 15) is 9.18 Å². The van der Waals surface area contributed by atoms with E-state index in [4.69, 9.17) is 4.74 Å². The van der Waals surface area contributed by atoms with E-state index >= 15 is 0 Å². The van der Waals surface area contributed by atoms with E-state index in [2.05, 4.69) is 59.5 Å². The molecule has 7 nitrogen and oxygen atoms in total. The fraction of sp³-hybridized carbons (Fsp3) is 0.483. The predicted molar refractivity (Wildman–Crippen MR) is 150 cm³/mol.